The molecule has 0 aliphatic carbocycles. The van der Waals surface area contributed by atoms with Crippen molar-refractivity contribution >= 4 is 11.6 Å². The van der Waals surface area contributed by atoms with Crippen LogP contribution in [-0.2, 0) is 0 Å². The van der Waals surface area contributed by atoms with Crippen molar-refractivity contribution in [2.24, 2.45) is 0 Å². The van der Waals surface area contributed by atoms with Gasteiger partial charge in [-0.1, -0.05) is 11.6 Å². The second-order valence-electron chi connectivity index (χ2n) is 3.03. The zero-order chi connectivity index (χ0) is 12.3. The van der Waals surface area contributed by atoms with Crippen LogP contribution in [0.1, 0.15) is 5.56 Å². The van der Waals surface area contributed by atoms with Gasteiger partial charge in [-0.15, -0.1) is 0 Å². The molecule has 0 amide bonds. The molecule has 1 heterocycles. The highest BCUT2D eigenvalue weighted by atomic mass is 35.5. The molecule has 0 saturated heterocycles. The van der Waals surface area contributed by atoms with Crippen molar-refractivity contribution in [3.8, 4) is 17.7 Å². The molecular formula is C11H5ClFN3O. The van der Waals surface area contributed by atoms with Crippen molar-refractivity contribution in [3.63, 3.8) is 0 Å². The first-order chi connectivity index (χ1) is 8.19. The Labute approximate surface area is 101 Å². The number of hydrogen-bond donors (Lipinski definition) is 0. The van der Waals surface area contributed by atoms with Gasteiger partial charge in [-0.3, -0.25) is 0 Å². The number of aromatic nitrogens is 2. The summed E-state index contributed by atoms with van der Waals surface area (Å²) in [5, 5.41) is 8.79. The Bertz CT molecular complexity index is 598. The van der Waals surface area contributed by atoms with Gasteiger partial charge in [0.1, 0.15) is 29.1 Å². The van der Waals surface area contributed by atoms with E-state index in [4.69, 9.17) is 21.6 Å². The summed E-state index contributed by atoms with van der Waals surface area (Å²) in [5.74, 6) is -0.212. The van der Waals surface area contributed by atoms with E-state index in [1.807, 2.05) is 0 Å². The molecule has 0 spiro atoms. The van der Waals surface area contributed by atoms with E-state index >= 15 is 0 Å². The maximum Gasteiger partial charge on any atom is 0.223 e. The summed E-state index contributed by atoms with van der Waals surface area (Å²) in [6.07, 6.45) is 1.23. The van der Waals surface area contributed by atoms with Crippen LogP contribution in [0.3, 0.4) is 0 Å². The predicted octanol–water partition coefficient (Wildman–Crippen LogP) is 2.93. The third-order valence-corrected chi connectivity index (χ3v) is 2.10. The van der Waals surface area contributed by atoms with Crippen molar-refractivity contribution in [2.75, 3.05) is 0 Å². The van der Waals surface area contributed by atoms with Crippen molar-refractivity contribution < 1.29 is 9.13 Å². The number of halogens is 2. The lowest BCUT2D eigenvalue weighted by molar-refractivity contribution is 0.456. The summed E-state index contributed by atoms with van der Waals surface area (Å²) < 4.78 is 18.5. The molecule has 4 nitrogen and oxygen atoms in total. The Morgan fingerprint density at radius 3 is 2.76 bits per heavy atom. The van der Waals surface area contributed by atoms with Gasteiger partial charge in [0.05, 0.1) is 5.56 Å². The number of nitrogens with zero attached hydrogens (tertiary/aromatic N) is 3. The summed E-state index contributed by atoms with van der Waals surface area (Å²) >= 11 is 5.64. The van der Waals surface area contributed by atoms with E-state index in [1.165, 1.54) is 24.5 Å². The fraction of sp³-hybridized carbons (Fsp3) is 0. The number of rotatable bonds is 2. The van der Waals surface area contributed by atoms with Crippen LogP contribution in [0, 0.1) is 17.1 Å². The molecule has 2 rings (SSSR count). The second-order valence-corrected chi connectivity index (χ2v) is 3.42. The van der Waals surface area contributed by atoms with Crippen LogP contribution >= 0.6 is 11.6 Å². The van der Waals surface area contributed by atoms with Crippen molar-refractivity contribution in [2.45, 2.75) is 0 Å². The molecule has 17 heavy (non-hydrogen) atoms. The van der Waals surface area contributed by atoms with Crippen LogP contribution in [0.5, 0.6) is 11.6 Å². The van der Waals surface area contributed by atoms with E-state index in [2.05, 4.69) is 9.97 Å². The van der Waals surface area contributed by atoms with Gasteiger partial charge < -0.3 is 4.74 Å². The Hall–Kier alpha value is -2.19. The van der Waals surface area contributed by atoms with Crippen LogP contribution < -0.4 is 4.74 Å². The van der Waals surface area contributed by atoms with E-state index in [1.54, 1.807) is 6.07 Å². The monoisotopic (exact) mass is 249 g/mol. The Balaban J connectivity index is 2.25. The largest absolute Gasteiger partial charge is 0.439 e. The lowest BCUT2D eigenvalue weighted by Crippen LogP contribution is -1.91. The molecule has 0 N–H and O–H groups in total. The van der Waals surface area contributed by atoms with Crippen LogP contribution in [0.4, 0.5) is 4.39 Å². The minimum absolute atomic E-state index is 0.0435. The van der Waals surface area contributed by atoms with Crippen molar-refractivity contribution in [1.82, 2.24) is 9.97 Å². The lowest BCUT2D eigenvalue weighted by Gasteiger charge is -2.04. The minimum Gasteiger partial charge on any atom is -0.439 e. The van der Waals surface area contributed by atoms with Gasteiger partial charge in [-0.2, -0.15) is 5.26 Å². The molecule has 0 atom stereocenters. The van der Waals surface area contributed by atoms with E-state index in [0.29, 0.717) is 0 Å². The molecule has 0 unspecified atom stereocenters. The van der Waals surface area contributed by atoms with Gasteiger partial charge in [-0.25, -0.2) is 14.4 Å². The first-order valence-electron chi connectivity index (χ1n) is 4.54. The molecule has 0 aliphatic heterocycles. The lowest BCUT2D eigenvalue weighted by atomic mass is 10.2. The van der Waals surface area contributed by atoms with Crippen LogP contribution in [-0.4, -0.2) is 9.97 Å². The maximum atomic E-state index is 13.3. The van der Waals surface area contributed by atoms with Gasteiger partial charge >= 0.3 is 0 Å². The number of hydrogen-bond acceptors (Lipinski definition) is 4. The topological polar surface area (TPSA) is 58.8 Å². The van der Waals surface area contributed by atoms with Gasteiger partial charge in [0.25, 0.3) is 0 Å². The summed E-state index contributed by atoms with van der Waals surface area (Å²) in [5.41, 5.74) is -0.0435. The average Bonchev–Trinajstić information content (AvgIpc) is 2.29. The molecule has 84 valence electrons. The fourth-order valence-electron chi connectivity index (χ4n) is 1.14. The first kappa shape index (κ1) is 11.3. The van der Waals surface area contributed by atoms with Crippen LogP contribution in [0.15, 0.2) is 30.6 Å². The highest BCUT2D eigenvalue weighted by Crippen LogP contribution is 2.22. The Morgan fingerprint density at radius 1 is 1.29 bits per heavy atom. The second kappa shape index (κ2) is 4.76. The van der Waals surface area contributed by atoms with E-state index in [9.17, 15) is 4.39 Å². The number of ether oxygens (including phenoxy) is 1. The summed E-state index contributed by atoms with van der Waals surface area (Å²) in [4.78, 5) is 7.49. The maximum absolute atomic E-state index is 13.3. The molecule has 0 aliphatic rings. The molecule has 2 aromatic rings. The van der Waals surface area contributed by atoms with Gasteiger partial charge in [0, 0.05) is 12.1 Å². The zero-order valence-corrected chi connectivity index (χ0v) is 9.15. The third kappa shape index (κ3) is 2.68. The standard InChI is InChI=1S/C11H5ClFN3O/c12-10-4-11(16-6-15-10)17-8-2-1-7(5-14)9(13)3-8/h1-4,6H. The molecule has 6 heteroatoms. The van der Waals surface area contributed by atoms with Gasteiger partial charge in [-0.05, 0) is 12.1 Å². The van der Waals surface area contributed by atoms with E-state index in [0.717, 1.165) is 6.07 Å². The van der Waals surface area contributed by atoms with Crippen LogP contribution in [0.2, 0.25) is 5.15 Å². The van der Waals surface area contributed by atoms with Gasteiger partial charge in [0.15, 0.2) is 0 Å². The molecule has 0 saturated carbocycles. The molecule has 1 aromatic heterocycles. The molecular weight excluding hydrogens is 245 g/mol. The van der Waals surface area contributed by atoms with Crippen LogP contribution in [0.25, 0.3) is 0 Å². The zero-order valence-electron chi connectivity index (χ0n) is 8.39. The van der Waals surface area contributed by atoms with E-state index < -0.39 is 5.82 Å². The quantitative estimate of drug-likeness (QED) is 0.768. The average molecular weight is 250 g/mol. The Kier molecular flexibility index (Phi) is 3.17. The van der Waals surface area contributed by atoms with Crippen molar-refractivity contribution in [1.29, 1.82) is 5.26 Å². The highest BCUT2D eigenvalue weighted by molar-refractivity contribution is 6.29. The highest BCUT2D eigenvalue weighted by Gasteiger charge is 2.05. The Morgan fingerprint density at radius 2 is 2.12 bits per heavy atom. The molecule has 0 fully saturated rings. The molecule has 1 aromatic carbocycles. The van der Waals surface area contributed by atoms with E-state index in [-0.39, 0.29) is 22.3 Å². The molecule has 0 bridgehead atoms. The number of nitriles is 1. The molecule has 0 radical (unpaired) electrons. The SMILES string of the molecule is N#Cc1ccc(Oc2cc(Cl)ncn2)cc1F. The minimum atomic E-state index is -0.648. The smallest absolute Gasteiger partial charge is 0.223 e. The number of benzene rings is 1. The summed E-state index contributed by atoms with van der Waals surface area (Å²) in [7, 11) is 0. The predicted molar refractivity (Wildman–Crippen MR) is 58.2 cm³/mol. The summed E-state index contributed by atoms with van der Waals surface area (Å²) in [6, 6.07) is 7.02. The van der Waals surface area contributed by atoms with Gasteiger partial charge in [0.2, 0.25) is 5.88 Å². The third-order valence-electron chi connectivity index (χ3n) is 1.89. The van der Waals surface area contributed by atoms with Crippen molar-refractivity contribution in [3.05, 3.63) is 47.1 Å². The first-order valence-corrected chi connectivity index (χ1v) is 4.92. The normalized spacial score (nSPS) is 9.71. The summed E-state index contributed by atoms with van der Waals surface area (Å²) in [6.45, 7) is 0. The fourth-order valence-corrected chi connectivity index (χ4v) is 1.28.